The van der Waals surface area contributed by atoms with Crippen molar-refractivity contribution in [3.63, 3.8) is 0 Å². The van der Waals surface area contributed by atoms with E-state index in [0.29, 0.717) is 5.25 Å². The second kappa shape index (κ2) is 8.81. The second-order valence-corrected chi connectivity index (χ2v) is 6.37. The predicted molar refractivity (Wildman–Crippen MR) is 78.2 cm³/mol. The molecule has 0 amide bonds. The molecule has 2 atom stereocenters. The van der Waals surface area contributed by atoms with E-state index in [2.05, 4.69) is 18.7 Å². The molecular weight excluding hydrogens is 246 g/mol. The summed E-state index contributed by atoms with van der Waals surface area (Å²) in [4.78, 5) is 13.7. The molecule has 1 N–H and O–H groups in total. The Morgan fingerprint density at radius 3 is 2.50 bits per heavy atom. The molecule has 1 saturated carbocycles. The van der Waals surface area contributed by atoms with Crippen molar-refractivity contribution in [3.8, 4) is 0 Å². The quantitative estimate of drug-likeness (QED) is 0.724. The molecule has 0 aliphatic heterocycles. The summed E-state index contributed by atoms with van der Waals surface area (Å²) in [7, 11) is 0. The zero-order chi connectivity index (χ0) is 13.4. The maximum absolute atomic E-state index is 11.3. The third-order valence-corrected chi connectivity index (χ3v) is 5.31. The summed E-state index contributed by atoms with van der Waals surface area (Å²) in [5, 5.41) is 9.64. The highest BCUT2D eigenvalue weighted by atomic mass is 32.2. The normalized spacial score (nSPS) is 25.1. The van der Waals surface area contributed by atoms with Gasteiger partial charge >= 0.3 is 5.97 Å². The van der Waals surface area contributed by atoms with E-state index in [4.69, 9.17) is 0 Å². The van der Waals surface area contributed by atoms with Crippen LogP contribution in [-0.4, -0.2) is 46.6 Å². The molecule has 4 heteroatoms. The number of hydrogen-bond donors (Lipinski definition) is 1. The Labute approximate surface area is 115 Å². The number of nitrogens with zero attached hydrogens (tertiary/aromatic N) is 1. The van der Waals surface area contributed by atoms with Crippen LogP contribution in [0.4, 0.5) is 0 Å². The predicted octanol–water partition coefficient (Wildman–Crippen LogP) is 3.09. The van der Waals surface area contributed by atoms with Crippen molar-refractivity contribution in [2.45, 2.75) is 51.2 Å². The van der Waals surface area contributed by atoms with E-state index in [1.165, 1.54) is 12.8 Å². The van der Waals surface area contributed by atoms with Gasteiger partial charge in [0.15, 0.2) is 0 Å². The van der Waals surface area contributed by atoms with Crippen molar-refractivity contribution in [1.82, 2.24) is 4.90 Å². The monoisotopic (exact) mass is 273 g/mol. The van der Waals surface area contributed by atoms with Crippen LogP contribution in [0.2, 0.25) is 0 Å². The lowest BCUT2D eigenvalue weighted by molar-refractivity contribution is -0.141. The van der Waals surface area contributed by atoms with Crippen LogP contribution in [0.3, 0.4) is 0 Å². The van der Waals surface area contributed by atoms with Gasteiger partial charge in [-0.05, 0) is 25.9 Å². The molecule has 2 unspecified atom stereocenters. The fourth-order valence-corrected chi connectivity index (χ4v) is 4.11. The summed E-state index contributed by atoms with van der Waals surface area (Å²) in [6.07, 6.45) is 5.45. The van der Waals surface area contributed by atoms with Gasteiger partial charge < -0.3 is 10.0 Å². The standard InChI is InChI=1S/C14H27NO2S/c1-3-15(4-2)10-11-18-13-9-7-5-6-8-12(13)14(16)17/h12-13H,3-11H2,1-2H3,(H,16,17). The number of hydrogen-bond acceptors (Lipinski definition) is 3. The Hall–Kier alpha value is -0.220. The maximum Gasteiger partial charge on any atom is 0.307 e. The minimum Gasteiger partial charge on any atom is -0.481 e. The van der Waals surface area contributed by atoms with Crippen LogP contribution in [0.15, 0.2) is 0 Å². The molecule has 0 bridgehead atoms. The molecule has 18 heavy (non-hydrogen) atoms. The van der Waals surface area contributed by atoms with E-state index < -0.39 is 5.97 Å². The molecule has 1 rings (SSSR count). The number of carboxylic acid groups (broad SMARTS) is 1. The van der Waals surface area contributed by atoms with Crippen LogP contribution in [0, 0.1) is 5.92 Å². The van der Waals surface area contributed by atoms with Gasteiger partial charge in [-0.1, -0.05) is 33.1 Å². The van der Waals surface area contributed by atoms with Crippen LogP contribution in [0.5, 0.6) is 0 Å². The minimum absolute atomic E-state index is 0.116. The number of carboxylic acids is 1. The highest BCUT2D eigenvalue weighted by molar-refractivity contribution is 7.99. The zero-order valence-corrected chi connectivity index (χ0v) is 12.5. The van der Waals surface area contributed by atoms with Crippen molar-refractivity contribution in [1.29, 1.82) is 0 Å². The smallest absolute Gasteiger partial charge is 0.307 e. The van der Waals surface area contributed by atoms with Gasteiger partial charge in [0.1, 0.15) is 0 Å². The Kier molecular flexibility index (Phi) is 7.75. The summed E-state index contributed by atoms with van der Waals surface area (Å²) in [6, 6.07) is 0. The highest BCUT2D eigenvalue weighted by Crippen LogP contribution is 2.32. The molecule has 0 aromatic heterocycles. The van der Waals surface area contributed by atoms with E-state index >= 15 is 0 Å². The van der Waals surface area contributed by atoms with Crippen molar-refractivity contribution in [2.75, 3.05) is 25.4 Å². The molecule has 0 aromatic carbocycles. The number of thioether (sulfide) groups is 1. The lowest BCUT2D eigenvalue weighted by atomic mass is 10.0. The highest BCUT2D eigenvalue weighted by Gasteiger charge is 2.29. The van der Waals surface area contributed by atoms with Gasteiger partial charge in [-0.2, -0.15) is 11.8 Å². The molecule has 0 radical (unpaired) electrons. The van der Waals surface area contributed by atoms with Crippen molar-refractivity contribution < 1.29 is 9.90 Å². The molecule has 0 aromatic rings. The molecule has 0 spiro atoms. The molecule has 3 nitrogen and oxygen atoms in total. The summed E-state index contributed by atoms with van der Waals surface area (Å²) in [5.41, 5.74) is 0. The van der Waals surface area contributed by atoms with Gasteiger partial charge in [0.05, 0.1) is 5.92 Å². The summed E-state index contributed by atoms with van der Waals surface area (Å²) in [6.45, 7) is 7.62. The molecule has 1 aliphatic rings. The van der Waals surface area contributed by atoms with Crippen LogP contribution < -0.4 is 0 Å². The third-order valence-electron chi connectivity index (χ3n) is 3.90. The molecule has 1 fully saturated rings. The van der Waals surface area contributed by atoms with Gasteiger partial charge in [-0.15, -0.1) is 0 Å². The number of aliphatic carboxylic acids is 1. The van der Waals surface area contributed by atoms with Crippen LogP contribution in [0.25, 0.3) is 0 Å². The minimum atomic E-state index is -0.586. The van der Waals surface area contributed by atoms with Crippen LogP contribution in [0.1, 0.15) is 46.0 Å². The van der Waals surface area contributed by atoms with Crippen molar-refractivity contribution in [3.05, 3.63) is 0 Å². The third kappa shape index (κ3) is 5.19. The van der Waals surface area contributed by atoms with E-state index in [0.717, 1.165) is 44.6 Å². The first-order valence-corrected chi connectivity index (χ1v) is 8.30. The average molecular weight is 273 g/mol. The fraction of sp³-hybridized carbons (Fsp3) is 0.929. The molecular formula is C14H27NO2S. The van der Waals surface area contributed by atoms with Crippen molar-refractivity contribution in [2.24, 2.45) is 5.92 Å². The van der Waals surface area contributed by atoms with Crippen molar-refractivity contribution >= 4 is 17.7 Å². The van der Waals surface area contributed by atoms with E-state index in [1.807, 2.05) is 11.8 Å². The largest absolute Gasteiger partial charge is 0.481 e. The van der Waals surface area contributed by atoms with E-state index in [-0.39, 0.29) is 5.92 Å². The summed E-state index contributed by atoms with van der Waals surface area (Å²) >= 11 is 1.88. The number of rotatable bonds is 7. The Morgan fingerprint density at radius 1 is 1.22 bits per heavy atom. The molecule has 106 valence electrons. The van der Waals surface area contributed by atoms with Gasteiger partial charge in [0, 0.05) is 17.5 Å². The van der Waals surface area contributed by atoms with Gasteiger partial charge in [-0.25, -0.2) is 0 Å². The SMILES string of the molecule is CCN(CC)CCSC1CCCCCC1C(=O)O. The van der Waals surface area contributed by atoms with Crippen LogP contribution >= 0.6 is 11.8 Å². The Balaban J connectivity index is 2.38. The van der Waals surface area contributed by atoms with E-state index in [1.54, 1.807) is 0 Å². The molecule has 0 heterocycles. The second-order valence-electron chi connectivity index (χ2n) is 5.02. The van der Waals surface area contributed by atoms with Gasteiger partial charge in [0.25, 0.3) is 0 Å². The first-order valence-electron chi connectivity index (χ1n) is 7.25. The Bertz CT molecular complexity index is 244. The first-order chi connectivity index (χ1) is 8.69. The lowest BCUT2D eigenvalue weighted by Crippen LogP contribution is -2.28. The Morgan fingerprint density at radius 2 is 1.89 bits per heavy atom. The van der Waals surface area contributed by atoms with Gasteiger partial charge in [-0.3, -0.25) is 4.79 Å². The zero-order valence-electron chi connectivity index (χ0n) is 11.7. The molecule has 0 saturated heterocycles. The maximum atomic E-state index is 11.3. The first kappa shape index (κ1) is 15.8. The number of carbonyl (C=O) groups is 1. The average Bonchev–Trinajstić information content (AvgIpc) is 2.60. The topological polar surface area (TPSA) is 40.5 Å². The summed E-state index contributed by atoms with van der Waals surface area (Å²) < 4.78 is 0. The van der Waals surface area contributed by atoms with Gasteiger partial charge in [0.2, 0.25) is 0 Å². The lowest BCUT2D eigenvalue weighted by Gasteiger charge is -2.23. The fourth-order valence-electron chi connectivity index (χ4n) is 2.63. The summed E-state index contributed by atoms with van der Waals surface area (Å²) in [5.74, 6) is 0.363. The molecule has 1 aliphatic carbocycles. The van der Waals surface area contributed by atoms with E-state index in [9.17, 15) is 9.90 Å². The van der Waals surface area contributed by atoms with Crippen LogP contribution in [-0.2, 0) is 4.79 Å².